The number of urea groups is 1. The van der Waals surface area contributed by atoms with Gasteiger partial charge in [-0.15, -0.1) is 0 Å². The molecule has 1 aromatic heterocycles. The molecule has 0 fully saturated rings. The van der Waals surface area contributed by atoms with Gasteiger partial charge in [-0.05, 0) is 33.0 Å². The molecule has 2 aromatic rings. The summed E-state index contributed by atoms with van der Waals surface area (Å²) in [7, 11) is 1.60. The molecule has 1 aromatic carbocycles. The number of aromatic nitrogens is 1. The second-order valence-electron chi connectivity index (χ2n) is 5.77. The molecule has 0 saturated heterocycles. The number of hydrogen-bond donors (Lipinski definition) is 3. The Morgan fingerprint density at radius 1 is 1.19 bits per heavy atom. The number of para-hydroxylation sites is 1. The quantitative estimate of drug-likeness (QED) is 0.721. The molecular formula is C17H21N5O4. The Hall–Kier alpha value is -3.20. The Bertz CT molecular complexity index is 774. The highest BCUT2D eigenvalue weighted by molar-refractivity contribution is 6.03. The third kappa shape index (κ3) is 5.71. The molecule has 3 N–H and O–H groups in total. The van der Waals surface area contributed by atoms with E-state index in [1.54, 1.807) is 51.2 Å². The number of imide groups is 1. The number of hydrogen-bond acceptors (Lipinski definition) is 6. The average molecular weight is 359 g/mol. The lowest BCUT2D eigenvalue weighted by Crippen LogP contribution is -2.48. The van der Waals surface area contributed by atoms with Gasteiger partial charge >= 0.3 is 6.03 Å². The van der Waals surface area contributed by atoms with Crippen LogP contribution in [-0.2, 0) is 9.59 Å². The Morgan fingerprint density at radius 3 is 2.50 bits per heavy atom. The molecule has 4 amide bonds. The number of rotatable bonds is 6. The van der Waals surface area contributed by atoms with Crippen LogP contribution in [0.2, 0.25) is 0 Å². The summed E-state index contributed by atoms with van der Waals surface area (Å²) < 4.78 is 4.86. The van der Waals surface area contributed by atoms with E-state index in [1.165, 1.54) is 4.90 Å². The lowest BCUT2D eigenvalue weighted by Gasteiger charge is -2.22. The summed E-state index contributed by atoms with van der Waals surface area (Å²) in [5.41, 5.74) is 0.570. The van der Waals surface area contributed by atoms with Crippen LogP contribution in [0.4, 0.5) is 16.3 Å². The first-order valence-corrected chi connectivity index (χ1v) is 7.95. The molecule has 0 bridgehead atoms. The van der Waals surface area contributed by atoms with Crippen LogP contribution in [0.25, 0.3) is 0 Å². The number of amides is 4. The summed E-state index contributed by atoms with van der Waals surface area (Å²) in [6.45, 7) is 3.25. The molecule has 0 aliphatic rings. The van der Waals surface area contributed by atoms with Gasteiger partial charge in [-0.1, -0.05) is 23.4 Å². The number of carbonyl (C=O) groups excluding carboxylic acids is 3. The zero-order valence-corrected chi connectivity index (χ0v) is 14.8. The highest BCUT2D eigenvalue weighted by Crippen LogP contribution is 2.07. The Balaban J connectivity index is 1.80. The molecule has 9 heteroatoms. The normalized spacial score (nSPS) is 11.7. The van der Waals surface area contributed by atoms with Gasteiger partial charge in [0.15, 0.2) is 5.82 Å². The molecule has 9 nitrogen and oxygen atoms in total. The lowest BCUT2D eigenvalue weighted by atomic mass is 10.2. The van der Waals surface area contributed by atoms with E-state index >= 15 is 0 Å². The van der Waals surface area contributed by atoms with E-state index in [2.05, 4.69) is 21.1 Å². The molecule has 2 rings (SSSR count). The summed E-state index contributed by atoms with van der Waals surface area (Å²) >= 11 is 0. The number of anilines is 2. The highest BCUT2D eigenvalue weighted by atomic mass is 16.5. The first-order valence-electron chi connectivity index (χ1n) is 7.95. The van der Waals surface area contributed by atoms with Gasteiger partial charge in [0.05, 0.1) is 12.6 Å². The molecule has 26 heavy (non-hydrogen) atoms. The van der Waals surface area contributed by atoms with Gasteiger partial charge in [-0.25, -0.2) is 4.79 Å². The highest BCUT2D eigenvalue weighted by Gasteiger charge is 2.22. The van der Waals surface area contributed by atoms with Crippen LogP contribution in [-0.4, -0.2) is 47.5 Å². The molecule has 1 atom stereocenters. The lowest BCUT2D eigenvalue weighted by molar-refractivity contribution is -0.125. The molecule has 0 saturated carbocycles. The molecule has 138 valence electrons. The van der Waals surface area contributed by atoms with Gasteiger partial charge < -0.3 is 15.2 Å². The zero-order chi connectivity index (χ0) is 19.1. The maximum absolute atomic E-state index is 12.2. The monoisotopic (exact) mass is 359 g/mol. The number of nitrogens with one attached hydrogen (secondary N) is 3. The SMILES string of the molecule is Cc1cc(NC(=O)CN(C)[C@@H](C)C(=O)NC(=O)Nc2ccccc2)no1. The minimum absolute atomic E-state index is 0.0548. The van der Waals surface area contributed by atoms with Gasteiger partial charge in [-0.3, -0.25) is 19.8 Å². The first kappa shape index (κ1) is 19.1. The van der Waals surface area contributed by atoms with E-state index in [0.29, 0.717) is 17.3 Å². The Labute approximate surface area is 150 Å². The topological polar surface area (TPSA) is 117 Å². The second-order valence-corrected chi connectivity index (χ2v) is 5.77. The average Bonchev–Trinajstić information content (AvgIpc) is 2.99. The van der Waals surface area contributed by atoms with E-state index in [-0.39, 0.29) is 12.5 Å². The van der Waals surface area contributed by atoms with Crippen molar-refractivity contribution in [2.75, 3.05) is 24.2 Å². The summed E-state index contributed by atoms with van der Waals surface area (Å²) in [5.74, 6) is 0.00581. The summed E-state index contributed by atoms with van der Waals surface area (Å²) in [4.78, 5) is 37.5. The fourth-order valence-corrected chi connectivity index (χ4v) is 2.07. The van der Waals surface area contributed by atoms with Crippen LogP contribution in [0.3, 0.4) is 0 Å². The first-order chi connectivity index (χ1) is 12.3. The third-order valence-corrected chi connectivity index (χ3v) is 3.60. The number of likely N-dealkylation sites (N-methyl/N-ethyl adjacent to an activating group) is 1. The standard InChI is InChI=1S/C17H21N5O4/c1-11-9-14(21-26-11)19-15(23)10-22(3)12(2)16(24)20-17(25)18-13-7-5-4-6-8-13/h4-9,12H,10H2,1-3H3,(H,19,21,23)(H2,18,20,24,25)/t12-/m0/s1. The van der Waals surface area contributed by atoms with Crippen molar-refractivity contribution in [2.45, 2.75) is 19.9 Å². The van der Waals surface area contributed by atoms with Crippen LogP contribution >= 0.6 is 0 Å². The largest absolute Gasteiger partial charge is 0.360 e. The van der Waals surface area contributed by atoms with Crippen molar-refractivity contribution in [3.8, 4) is 0 Å². The van der Waals surface area contributed by atoms with Crippen molar-refractivity contribution in [2.24, 2.45) is 0 Å². The van der Waals surface area contributed by atoms with Crippen molar-refractivity contribution in [3.05, 3.63) is 42.2 Å². The van der Waals surface area contributed by atoms with Crippen molar-refractivity contribution in [3.63, 3.8) is 0 Å². The molecule has 0 aliphatic heterocycles. The van der Waals surface area contributed by atoms with E-state index in [4.69, 9.17) is 4.52 Å². The molecule has 0 radical (unpaired) electrons. The van der Waals surface area contributed by atoms with Gasteiger partial charge in [0.2, 0.25) is 11.8 Å². The maximum atomic E-state index is 12.2. The number of aryl methyl sites for hydroxylation is 1. The predicted octanol–water partition coefficient (Wildman–Crippen LogP) is 1.59. The van der Waals surface area contributed by atoms with Crippen LogP contribution in [0.1, 0.15) is 12.7 Å². The van der Waals surface area contributed by atoms with Crippen LogP contribution in [0.15, 0.2) is 40.9 Å². The van der Waals surface area contributed by atoms with Gasteiger partial charge in [-0.2, -0.15) is 0 Å². The van der Waals surface area contributed by atoms with Gasteiger partial charge in [0.25, 0.3) is 0 Å². The molecule has 0 unspecified atom stereocenters. The fraction of sp³-hybridized carbons (Fsp3) is 0.294. The van der Waals surface area contributed by atoms with Crippen molar-refractivity contribution >= 4 is 29.4 Å². The van der Waals surface area contributed by atoms with Gasteiger partial charge in [0, 0.05) is 11.8 Å². The molecular weight excluding hydrogens is 338 g/mol. The minimum Gasteiger partial charge on any atom is -0.360 e. The minimum atomic E-state index is -0.693. The van der Waals surface area contributed by atoms with E-state index in [9.17, 15) is 14.4 Å². The summed E-state index contributed by atoms with van der Waals surface area (Å²) in [6.07, 6.45) is 0. The van der Waals surface area contributed by atoms with Crippen LogP contribution in [0, 0.1) is 6.92 Å². The van der Waals surface area contributed by atoms with Crippen LogP contribution in [0.5, 0.6) is 0 Å². The third-order valence-electron chi connectivity index (χ3n) is 3.60. The maximum Gasteiger partial charge on any atom is 0.325 e. The predicted molar refractivity (Wildman–Crippen MR) is 95.6 cm³/mol. The number of nitrogens with zero attached hydrogens (tertiary/aromatic N) is 2. The summed E-state index contributed by atoms with van der Waals surface area (Å²) in [6, 6.07) is 9.01. The van der Waals surface area contributed by atoms with E-state index in [1.807, 2.05) is 6.07 Å². The zero-order valence-electron chi connectivity index (χ0n) is 14.8. The number of carbonyl (C=O) groups is 3. The molecule has 0 spiro atoms. The smallest absolute Gasteiger partial charge is 0.325 e. The summed E-state index contributed by atoms with van der Waals surface area (Å²) in [5, 5.41) is 11.0. The van der Waals surface area contributed by atoms with Gasteiger partial charge in [0.1, 0.15) is 5.76 Å². The van der Waals surface area contributed by atoms with Crippen LogP contribution < -0.4 is 16.0 Å². The van der Waals surface area contributed by atoms with Crippen molar-refractivity contribution < 1.29 is 18.9 Å². The number of benzene rings is 1. The fourth-order valence-electron chi connectivity index (χ4n) is 2.07. The van der Waals surface area contributed by atoms with E-state index < -0.39 is 18.0 Å². The molecule has 0 aliphatic carbocycles. The van der Waals surface area contributed by atoms with E-state index in [0.717, 1.165) is 0 Å². The Kier molecular flexibility index (Phi) is 6.45. The van der Waals surface area contributed by atoms with Crippen molar-refractivity contribution in [1.29, 1.82) is 0 Å². The second kappa shape index (κ2) is 8.77. The molecule has 1 heterocycles. The van der Waals surface area contributed by atoms with Crippen molar-refractivity contribution in [1.82, 2.24) is 15.4 Å². The Morgan fingerprint density at radius 2 is 1.88 bits per heavy atom.